The summed E-state index contributed by atoms with van der Waals surface area (Å²) in [6.07, 6.45) is 3.62. The summed E-state index contributed by atoms with van der Waals surface area (Å²) in [5, 5.41) is 3.31. The zero-order valence-corrected chi connectivity index (χ0v) is 12.7. The molecule has 0 aliphatic heterocycles. The van der Waals surface area contributed by atoms with Crippen molar-refractivity contribution in [3.63, 3.8) is 0 Å². The van der Waals surface area contributed by atoms with Crippen LogP contribution in [0.3, 0.4) is 0 Å². The summed E-state index contributed by atoms with van der Waals surface area (Å²) in [6, 6.07) is 6.18. The Balaban J connectivity index is 2.30. The minimum Gasteiger partial charge on any atom is -0.457 e. The van der Waals surface area contributed by atoms with E-state index in [1.54, 1.807) is 6.20 Å². The molecule has 0 saturated carbocycles. The number of aromatic nitrogens is 1. The molecule has 0 aliphatic carbocycles. The first-order chi connectivity index (χ1) is 9.61. The van der Waals surface area contributed by atoms with Gasteiger partial charge in [-0.05, 0) is 56.1 Å². The fourth-order valence-corrected chi connectivity index (χ4v) is 2.13. The molecular formula is C17H22N2O. The average molecular weight is 270 g/mol. The third-order valence-corrected chi connectivity index (χ3v) is 3.41. The van der Waals surface area contributed by atoms with Gasteiger partial charge in [0.1, 0.15) is 11.5 Å². The van der Waals surface area contributed by atoms with Gasteiger partial charge in [-0.2, -0.15) is 0 Å². The van der Waals surface area contributed by atoms with Gasteiger partial charge in [-0.3, -0.25) is 4.98 Å². The van der Waals surface area contributed by atoms with Gasteiger partial charge < -0.3 is 10.1 Å². The zero-order chi connectivity index (χ0) is 14.5. The van der Waals surface area contributed by atoms with Gasteiger partial charge in [0.25, 0.3) is 0 Å². The van der Waals surface area contributed by atoms with Crippen molar-refractivity contribution in [2.75, 3.05) is 6.54 Å². The fourth-order valence-electron chi connectivity index (χ4n) is 2.13. The lowest BCUT2D eigenvalue weighted by atomic mass is 10.1. The van der Waals surface area contributed by atoms with Crippen LogP contribution in [0, 0.1) is 20.8 Å². The molecule has 2 aromatic rings. The molecule has 3 nitrogen and oxygen atoms in total. The number of rotatable bonds is 5. The van der Waals surface area contributed by atoms with Crippen molar-refractivity contribution in [1.82, 2.24) is 10.3 Å². The molecule has 1 N–H and O–H groups in total. The molecule has 0 radical (unpaired) electrons. The molecule has 106 valence electrons. The SMILES string of the molecule is CCNCc1cnccc1Oc1cc(C)cc(C)c1C. The van der Waals surface area contributed by atoms with E-state index in [1.165, 1.54) is 16.7 Å². The van der Waals surface area contributed by atoms with Gasteiger partial charge in [-0.1, -0.05) is 13.0 Å². The quantitative estimate of drug-likeness (QED) is 0.894. The molecule has 1 aromatic heterocycles. The van der Waals surface area contributed by atoms with Crippen LogP contribution >= 0.6 is 0 Å². The largest absolute Gasteiger partial charge is 0.457 e. The molecule has 1 heterocycles. The predicted octanol–water partition coefficient (Wildman–Crippen LogP) is 3.91. The molecule has 20 heavy (non-hydrogen) atoms. The second kappa shape index (κ2) is 6.53. The van der Waals surface area contributed by atoms with Crippen LogP contribution in [0.5, 0.6) is 11.5 Å². The Bertz CT molecular complexity index is 594. The Morgan fingerprint density at radius 1 is 1.15 bits per heavy atom. The van der Waals surface area contributed by atoms with E-state index in [0.717, 1.165) is 30.2 Å². The Hall–Kier alpha value is -1.87. The minimum atomic E-state index is 0.767. The van der Waals surface area contributed by atoms with Crippen LogP contribution in [0.15, 0.2) is 30.6 Å². The van der Waals surface area contributed by atoms with E-state index in [-0.39, 0.29) is 0 Å². The van der Waals surface area contributed by atoms with E-state index in [9.17, 15) is 0 Å². The molecule has 0 unspecified atom stereocenters. The highest BCUT2D eigenvalue weighted by atomic mass is 16.5. The van der Waals surface area contributed by atoms with Crippen LogP contribution in [-0.4, -0.2) is 11.5 Å². The number of aryl methyl sites for hydroxylation is 2. The molecule has 0 bridgehead atoms. The van der Waals surface area contributed by atoms with E-state index < -0.39 is 0 Å². The highest BCUT2D eigenvalue weighted by Crippen LogP contribution is 2.30. The van der Waals surface area contributed by atoms with Gasteiger partial charge in [0, 0.05) is 24.5 Å². The topological polar surface area (TPSA) is 34.2 Å². The average Bonchev–Trinajstić information content (AvgIpc) is 2.43. The first-order valence-corrected chi connectivity index (χ1v) is 7.01. The van der Waals surface area contributed by atoms with Gasteiger partial charge in [-0.15, -0.1) is 0 Å². The van der Waals surface area contributed by atoms with Crippen molar-refractivity contribution in [2.45, 2.75) is 34.2 Å². The first-order valence-electron chi connectivity index (χ1n) is 7.01. The van der Waals surface area contributed by atoms with Crippen molar-refractivity contribution < 1.29 is 4.74 Å². The summed E-state index contributed by atoms with van der Waals surface area (Å²) in [5.74, 6) is 1.79. The normalized spacial score (nSPS) is 10.6. The maximum atomic E-state index is 6.12. The first kappa shape index (κ1) is 14.5. The highest BCUT2D eigenvalue weighted by Gasteiger charge is 2.08. The lowest BCUT2D eigenvalue weighted by molar-refractivity contribution is 0.468. The monoisotopic (exact) mass is 270 g/mol. The maximum absolute atomic E-state index is 6.12. The van der Waals surface area contributed by atoms with Crippen LogP contribution < -0.4 is 10.1 Å². The van der Waals surface area contributed by atoms with E-state index in [0.29, 0.717) is 0 Å². The van der Waals surface area contributed by atoms with E-state index in [4.69, 9.17) is 4.74 Å². The number of hydrogen-bond acceptors (Lipinski definition) is 3. The maximum Gasteiger partial charge on any atom is 0.135 e. The minimum absolute atomic E-state index is 0.767. The number of pyridine rings is 1. The van der Waals surface area contributed by atoms with Gasteiger partial charge in [0.05, 0.1) is 0 Å². The third kappa shape index (κ3) is 3.36. The second-order valence-electron chi connectivity index (χ2n) is 5.07. The third-order valence-electron chi connectivity index (χ3n) is 3.41. The molecule has 0 amide bonds. The molecule has 0 atom stereocenters. The zero-order valence-electron chi connectivity index (χ0n) is 12.7. The summed E-state index contributed by atoms with van der Waals surface area (Å²) in [7, 11) is 0. The molecule has 0 fully saturated rings. The van der Waals surface area contributed by atoms with Crippen molar-refractivity contribution >= 4 is 0 Å². The van der Waals surface area contributed by atoms with E-state index in [2.05, 4.69) is 50.1 Å². The number of nitrogens with zero attached hydrogens (tertiary/aromatic N) is 1. The van der Waals surface area contributed by atoms with Crippen LogP contribution in [0.4, 0.5) is 0 Å². The summed E-state index contributed by atoms with van der Waals surface area (Å²) < 4.78 is 6.12. The number of hydrogen-bond donors (Lipinski definition) is 1. The summed E-state index contributed by atoms with van der Waals surface area (Å²) in [4.78, 5) is 4.18. The predicted molar refractivity (Wildman–Crippen MR) is 82.3 cm³/mol. The second-order valence-corrected chi connectivity index (χ2v) is 5.07. The molecule has 2 rings (SSSR count). The van der Waals surface area contributed by atoms with Crippen LogP contribution in [0.25, 0.3) is 0 Å². The summed E-state index contributed by atoms with van der Waals surface area (Å²) in [5.41, 5.74) is 4.72. The molecule has 0 aliphatic rings. The van der Waals surface area contributed by atoms with E-state index >= 15 is 0 Å². The molecule has 0 saturated heterocycles. The van der Waals surface area contributed by atoms with Gasteiger partial charge in [0.2, 0.25) is 0 Å². The number of benzene rings is 1. The van der Waals surface area contributed by atoms with E-state index in [1.807, 2.05) is 12.3 Å². The molecule has 3 heteroatoms. The Kier molecular flexibility index (Phi) is 4.74. The van der Waals surface area contributed by atoms with Gasteiger partial charge in [-0.25, -0.2) is 0 Å². The lowest BCUT2D eigenvalue weighted by Crippen LogP contribution is -2.12. The van der Waals surface area contributed by atoms with Crippen LogP contribution in [0.1, 0.15) is 29.2 Å². The smallest absolute Gasteiger partial charge is 0.135 e. The Labute approximate surface area is 121 Å². The van der Waals surface area contributed by atoms with Crippen molar-refractivity contribution in [2.24, 2.45) is 0 Å². The summed E-state index contributed by atoms with van der Waals surface area (Å²) >= 11 is 0. The van der Waals surface area contributed by atoms with Gasteiger partial charge >= 0.3 is 0 Å². The number of nitrogens with one attached hydrogen (secondary N) is 1. The van der Waals surface area contributed by atoms with Crippen molar-refractivity contribution in [3.05, 3.63) is 52.8 Å². The molecule has 0 spiro atoms. The van der Waals surface area contributed by atoms with Crippen LogP contribution in [0.2, 0.25) is 0 Å². The molecule has 1 aromatic carbocycles. The fraction of sp³-hybridized carbons (Fsp3) is 0.353. The standard InChI is InChI=1S/C17H22N2O/c1-5-18-10-15-11-19-7-6-16(15)20-17-9-12(2)8-13(3)14(17)4/h6-9,11,18H,5,10H2,1-4H3. The Morgan fingerprint density at radius 2 is 1.95 bits per heavy atom. The summed E-state index contributed by atoms with van der Waals surface area (Å²) in [6.45, 7) is 10.1. The molecular weight excluding hydrogens is 248 g/mol. The Morgan fingerprint density at radius 3 is 2.70 bits per heavy atom. The highest BCUT2D eigenvalue weighted by molar-refractivity contribution is 5.45. The van der Waals surface area contributed by atoms with Crippen LogP contribution in [-0.2, 0) is 6.54 Å². The van der Waals surface area contributed by atoms with Gasteiger partial charge in [0.15, 0.2) is 0 Å². The lowest BCUT2D eigenvalue weighted by Gasteiger charge is -2.14. The number of ether oxygens (including phenoxy) is 1. The van der Waals surface area contributed by atoms with Crippen molar-refractivity contribution in [1.29, 1.82) is 0 Å². The van der Waals surface area contributed by atoms with Crippen molar-refractivity contribution in [3.8, 4) is 11.5 Å².